The molecule has 0 aliphatic heterocycles. The second kappa shape index (κ2) is 17.0. The van der Waals surface area contributed by atoms with Crippen molar-refractivity contribution in [1.82, 2.24) is 20.9 Å². The molecule has 13 nitrogen and oxygen atoms in total. The zero-order chi connectivity index (χ0) is 34.6. The summed E-state index contributed by atoms with van der Waals surface area (Å²) >= 11 is 0. The molecule has 13 heteroatoms. The summed E-state index contributed by atoms with van der Waals surface area (Å²) in [7, 11) is 0. The standard InChI is InChI=1S/C35H42N6O7/c36-16-4-3-7-29(39-32(44)27(37)17-21-8-12-24(42)13-9-21)33(45)40-30(18-22-10-14-25(43)15-11-22)34(46)41-31(35(47)48)19-23-20-38-28-6-2-1-5-26(23)28/h1-2,5-6,8-15,20,27,29-31,38,42-43H,3-4,7,16-19,36-37H2,(H,39,44)(H,40,45)(H,41,46)(H,47,48). The van der Waals surface area contributed by atoms with Crippen molar-refractivity contribution in [1.29, 1.82) is 0 Å². The minimum atomic E-state index is -1.31. The van der Waals surface area contributed by atoms with Gasteiger partial charge in [0.25, 0.3) is 0 Å². The smallest absolute Gasteiger partial charge is 0.326 e. The lowest BCUT2D eigenvalue weighted by Gasteiger charge is -2.25. The van der Waals surface area contributed by atoms with Crippen LogP contribution < -0.4 is 27.4 Å². The second-order valence-electron chi connectivity index (χ2n) is 11.7. The summed E-state index contributed by atoms with van der Waals surface area (Å²) in [5.74, 6) is -3.14. The fourth-order valence-corrected chi connectivity index (χ4v) is 5.36. The Labute approximate surface area is 277 Å². The topological polar surface area (TPSA) is 233 Å². The molecule has 0 saturated heterocycles. The summed E-state index contributed by atoms with van der Waals surface area (Å²) < 4.78 is 0. The number of phenolic OH excluding ortho intramolecular Hbond substituents is 2. The second-order valence-corrected chi connectivity index (χ2v) is 11.7. The monoisotopic (exact) mass is 658 g/mol. The van der Waals surface area contributed by atoms with Crippen LogP contribution in [0, 0.1) is 0 Å². The number of hydrogen-bond acceptors (Lipinski definition) is 8. The number of H-pyrrole nitrogens is 1. The van der Waals surface area contributed by atoms with Crippen molar-refractivity contribution in [3.8, 4) is 11.5 Å². The molecule has 1 aromatic heterocycles. The average molecular weight is 659 g/mol. The Balaban J connectivity index is 1.51. The number of unbranched alkanes of at least 4 members (excludes halogenated alkanes) is 1. The number of carbonyl (C=O) groups is 4. The summed E-state index contributed by atoms with van der Waals surface area (Å²) in [6.07, 6.45) is 3.12. The molecule has 254 valence electrons. The maximum Gasteiger partial charge on any atom is 0.326 e. The van der Waals surface area contributed by atoms with E-state index < -0.39 is 47.9 Å². The van der Waals surface area contributed by atoms with E-state index in [-0.39, 0.29) is 37.2 Å². The van der Waals surface area contributed by atoms with E-state index in [1.54, 1.807) is 30.5 Å². The molecule has 0 radical (unpaired) electrons. The lowest BCUT2D eigenvalue weighted by atomic mass is 10.0. The predicted molar refractivity (Wildman–Crippen MR) is 180 cm³/mol. The Bertz CT molecular complexity index is 1690. The number of fused-ring (bicyclic) bond motifs is 1. The molecular formula is C35H42N6O7. The van der Waals surface area contributed by atoms with Crippen molar-refractivity contribution >= 4 is 34.6 Å². The number of nitrogens with two attached hydrogens (primary N) is 2. The van der Waals surface area contributed by atoms with Gasteiger partial charge in [-0.2, -0.15) is 0 Å². The first-order valence-electron chi connectivity index (χ1n) is 15.7. The number of aromatic hydroxyl groups is 2. The maximum atomic E-state index is 13.7. The molecule has 1 heterocycles. The number of aliphatic carboxylic acids is 1. The van der Waals surface area contributed by atoms with Gasteiger partial charge in [-0.05, 0) is 79.3 Å². The van der Waals surface area contributed by atoms with Crippen LogP contribution in [0.2, 0.25) is 0 Å². The predicted octanol–water partition coefficient (Wildman–Crippen LogP) is 1.60. The van der Waals surface area contributed by atoms with Gasteiger partial charge in [-0.3, -0.25) is 14.4 Å². The van der Waals surface area contributed by atoms with Crippen LogP contribution >= 0.6 is 0 Å². The number of carbonyl (C=O) groups excluding carboxylic acids is 3. The van der Waals surface area contributed by atoms with Crippen LogP contribution in [-0.4, -0.2) is 74.7 Å². The highest BCUT2D eigenvalue weighted by Gasteiger charge is 2.31. The number of aromatic nitrogens is 1. The minimum absolute atomic E-state index is 0.0122. The molecule has 4 unspecified atom stereocenters. The highest BCUT2D eigenvalue weighted by Crippen LogP contribution is 2.20. The van der Waals surface area contributed by atoms with E-state index in [9.17, 15) is 34.5 Å². The van der Waals surface area contributed by atoms with Crippen LogP contribution in [0.15, 0.2) is 79.0 Å². The first-order valence-corrected chi connectivity index (χ1v) is 15.7. The molecule has 0 spiro atoms. The Morgan fingerprint density at radius 1 is 0.688 bits per heavy atom. The lowest BCUT2D eigenvalue weighted by molar-refractivity contribution is -0.142. The van der Waals surface area contributed by atoms with Gasteiger partial charge in [0, 0.05) is 29.9 Å². The van der Waals surface area contributed by atoms with E-state index in [1.165, 1.54) is 24.3 Å². The molecule has 0 aliphatic carbocycles. The first-order chi connectivity index (χ1) is 23.0. The molecule has 0 fully saturated rings. The van der Waals surface area contributed by atoms with Crippen molar-refractivity contribution in [3.63, 3.8) is 0 Å². The van der Waals surface area contributed by atoms with E-state index in [0.717, 1.165) is 10.9 Å². The van der Waals surface area contributed by atoms with Crippen LogP contribution in [0.3, 0.4) is 0 Å². The van der Waals surface area contributed by atoms with Gasteiger partial charge in [0.2, 0.25) is 17.7 Å². The molecular weight excluding hydrogens is 616 g/mol. The van der Waals surface area contributed by atoms with Crippen molar-refractivity contribution in [3.05, 3.63) is 95.7 Å². The summed E-state index contributed by atoms with van der Waals surface area (Å²) in [4.78, 5) is 55.9. The molecule has 3 aromatic carbocycles. The highest BCUT2D eigenvalue weighted by atomic mass is 16.4. The Kier molecular flexibility index (Phi) is 12.5. The number of amides is 3. The Morgan fingerprint density at radius 3 is 1.88 bits per heavy atom. The zero-order valence-electron chi connectivity index (χ0n) is 26.4. The quantitative estimate of drug-likeness (QED) is 0.0749. The van der Waals surface area contributed by atoms with E-state index in [4.69, 9.17) is 11.5 Å². The van der Waals surface area contributed by atoms with E-state index in [2.05, 4.69) is 20.9 Å². The maximum absolute atomic E-state index is 13.7. The van der Waals surface area contributed by atoms with Crippen molar-refractivity contribution in [2.45, 2.75) is 62.7 Å². The normalized spacial score (nSPS) is 13.6. The molecule has 0 saturated carbocycles. The van der Waals surface area contributed by atoms with Crippen LogP contribution in [0.5, 0.6) is 11.5 Å². The van der Waals surface area contributed by atoms with E-state index >= 15 is 0 Å². The first kappa shape index (κ1) is 35.5. The molecule has 0 aliphatic rings. The highest BCUT2D eigenvalue weighted by molar-refractivity contribution is 5.94. The van der Waals surface area contributed by atoms with Crippen LogP contribution in [0.1, 0.15) is 36.0 Å². The number of carboxylic acids is 1. The van der Waals surface area contributed by atoms with E-state index in [0.29, 0.717) is 36.1 Å². The van der Waals surface area contributed by atoms with Crippen LogP contribution in [0.4, 0.5) is 0 Å². The summed E-state index contributed by atoms with van der Waals surface area (Å²) in [5.41, 5.74) is 14.6. The number of carboxylic acid groups (broad SMARTS) is 1. The number of rotatable bonds is 17. The van der Waals surface area contributed by atoms with Gasteiger partial charge < -0.3 is 47.7 Å². The van der Waals surface area contributed by atoms with Gasteiger partial charge >= 0.3 is 5.97 Å². The van der Waals surface area contributed by atoms with Crippen molar-refractivity contribution in [2.75, 3.05) is 6.54 Å². The van der Waals surface area contributed by atoms with Gasteiger partial charge in [-0.25, -0.2) is 4.79 Å². The summed E-state index contributed by atoms with van der Waals surface area (Å²) in [6.45, 7) is 0.377. The molecule has 11 N–H and O–H groups in total. The van der Waals surface area contributed by atoms with Crippen molar-refractivity contribution < 1.29 is 34.5 Å². The fourth-order valence-electron chi connectivity index (χ4n) is 5.36. The summed E-state index contributed by atoms with van der Waals surface area (Å²) in [5, 5.41) is 38.1. The average Bonchev–Trinajstić information content (AvgIpc) is 3.48. The number of aromatic amines is 1. The van der Waals surface area contributed by atoms with Crippen molar-refractivity contribution in [2.24, 2.45) is 11.5 Å². The molecule has 4 atom stereocenters. The number of para-hydroxylation sites is 1. The molecule has 48 heavy (non-hydrogen) atoms. The number of phenols is 2. The summed E-state index contributed by atoms with van der Waals surface area (Å²) in [6, 6.07) is 15.1. The number of benzene rings is 3. The fraction of sp³-hybridized carbons (Fsp3) is 0.314. The van der Waals surface area contributed by atoms with Crippen LogP contribution in [-0.2, 0) is 38.4 Å². The van der Waals surface area contributed by atoms with Gasteiger partial charge in [-0.15, -0.1) is 0 Å². The zero-order valence-corrected chi connectivity index (χ0v) is 26.4. The number of hydrogen-bond donors (Lipinski definition) is 9. The van der Waals surface area contributed by atoms with E-state index in [1.807, 2.05) is 24.3 Å². The van der Waals surface area contributed by atoms with Crippen LogP contribution in [0.25, 0.3) is 10.9 Å². The minimum Gasteiger partial charge on any atom is -0.508 e. The SMILES string of the molecule is NCCCCC(NC(=O)C(N)Cc1ccc(O)cc1)C(=O)NC(Cc1ccc(O)cc1)C(=O)NC(Cc1c[nH]c2ccccc12)C(=O)O. The molecule has 4 aromatic rings. The van der Waals surface area contributed by atoms with Gasteiger partial charge in [-0.1, -0.05) is 42.5 Å². The third-order valence-corrected chi connectivity index (χ3v) is 8.03. The molecule has 4 rings (SSSR count). The van der Waals surface area contributed by atoms with Gasteiger partial charge in [0.05, 0.1) is 6.04 Å². The van der Waals surface area contributed by atoms with Gasteiger partial charge in [0.1, 0.15) is 29.6 Å². The lowest BCUT2D eigenvalue weighted by Crippen LogP contribution is -2.58. The number of nitrogens with one attached hydrogen (secondary N) is 4. The molecule has 3 amide bonds. The molecule has 0 bridgehead atoms. The largest absolute Gasteiger partial charge is 0.508 e. The third kappa shape index (κ3) is 10.0. The Hall–Kier alpha value is -5.40. The third-order valence-electron chi connectivity index (χ3n) is 8.03. The van der Waals surface area contributed by atoms with Gasteiger partial charge in [0.15, 0.2) is 0 Å². The Morgan fingerprint density at radius 2 is 1.25 bits per heavy atom.